The fourth-order valence-corrected chi connectivity index (χ4v) is 6.48. The van der Waals surface area contributed by atoms with Crippen LogP contribution in [0.15, 0.2) is 95.1 Å². The first-order chi connectivity index (χ1) is 23.4. The first-order valence-corrected chi connectivity index (χ1v) is 17.4. The largest absolute Gasteiger partial charge is 0.506 e. The highest BCUT2D eigenvalue weighted by molar-refractivity contribution is 7.13. The van der Waals surface area contributed by atoms with Crippen LogP contribution in [0.3, 0.4) is 0 Å². The van der Waals surface area contributed by atoms with E-state index in [9.17, 15) is 24.9 Å². The Hall–Kier alpha value is -4.64. The first kappa shape index (κ1) is 34.7. The van der Waals surface area contributed by atoms with Gasteiger partial charge >= 0.3 is 6.09 Å². The molecule has 0 aliphatic rings. The second-order valence-corrected chi connectivity index (χ2v) is 12.8. The molecule has 1 amide bonds. The Morgan fingerprint density at radius 2 is 1.67 bits per heavy atom. The number of nitrogens with one attached hydrogen (secondary N) is 2. The first-order valence-electron chi connectivity index (χ1n) is 16.5. The van der Waals surface area contributed by atoms with Crippen molar-refractivity contribution in [2.24, 2.45) is 0 Å². The number of rotatable bonds is 18. The number of pyridine rings is 1. The molecule has 0 saturated heterocycles. The zero-order valence-electron chi connectivity index (χ0n) is 26.9. The van der Waals surface area contributed by atoms with Crippen molar-refractivity contribution in [3.63, 3.8) is 0 Å². The molecule has 0 aliphatic heterocycles. The molecule has 9 nitrogen and oxygen atoms in total. The van der Waals surface area contributed by atoms with E-state index < -0.39 is 12.2 Å². The van der Waals surface area contributed by atoms with Crippen molar-refractivity contribution in [2.45, 2.75) is 57.6 Å². The van der Waals surface area contributed by atoms with E-state index in [1.807, 2.05) is 66.0 Å². The van der Waals surface area contributed by atoms with Crippen LogP contribution >= 0.6 is 11.3 Å². The minimum absolute atomic E-state index is 0.0171. The van der Waals surface area contributed by atoms with Crippen LogP contribution in [0.4, 0.5) is 10.5 Å². The summed E-state index contributed by atoms with van der Waals surface area (Å²) in [5, 5.41) is 36.8. The lowest BCUT2D eigenvalue weighted by molar-refractivity contribution is 0.176. The monoisotopic (exact) mass is 669 g/mol. The van der Waals surface area contributed by atoms with Crippen LogP contribution in [0.5, 0.6) is 11.5 Å². The molecule has 0 saturated carbocycles. The maximum Gasteiger partial charge on any atom is 0.412 e. The van der Waals surface area contributed by atoms with Gasteiger partial charge in [0.25, 0.3) is 0 Å². The summed E-state index contributed by atoms with van der Waals surface area (Å²) >= 11 is 1.61. The summed E-state index contributed by atoms with van der Waals surface area (Å²) in [6, 6.07) is 25.5. The Morgan fingerprint density at radius 1 is 0.896 bits per heavy atom. The lowest BCUT2D eigenvalue weighted by Gasteiger charge is -2.21. The summed E-state index contributed by atoms with van der Waals surface area (Å²) in [6.07, 6.45) is 5.74. The van der Waals surface area contributed by atoms with Gasteiger partial charge in [0.2, 0.25) is 5.56 Å². The molecule has 10 heteroatoms. The second kappa shape index (κ2) is 17.5. The molecule has 5 aromatic rings. The Labute approximate surface area is 284 Å². The maximum atomic E-state index is 12.3. The number of aromatic hydroxyl groups is 1. The number of phenolic OH excluding ortho intramolecular Hbond substituents is 1. The number of carboxylic acid groups (broad SMARTS) is 1. The summed E-state index contributed by atoms with van der Waals surface area (Å²) in [5.74, 6) is 0.651. The van der Waals surface area contributed by atoms with Crippen molar-refractivity contribution >= 4 is 34.0 Å². The number of aliphatic hydroxyl groups excluding tert-OH is 1. The third kappa shape index (κ3) is 9.70. The standard InChI is InChI=1S/C38H43N3O6S/c42-33-17-15-31(32-16-18-36(44)40-37(32)33)34(43)25-39-19-9-4-2-1-3-5-10-20-47-30-23-28(35-14-11-21-48-35)22-29(24-30)41(38(45)46)26-27-12-7-6-8-13-27/h6-8,11-18,21-24,34,39,42-43H,1-5,9-10,19-20,25-26H2,(H,40,44)(H,45,46)/t34-/m0/s1. The molecule has 48 heavy (non-hydrogen) atoms. The van der Waals surface area contributed by atoms with Crippen LogP contribution in [0.25, 0.3) is 21.3 Å². The Bertz CT molecular complexity index is 1810. The van der Waals surface area contributed by atoms with Gasteiger partial charge in [-0.1, -0.05) is 74.6 Å². The third-order valence-electron chi connectivity index (χ3n) is 8.29. The SMILES string of the molecule is O=C(O)N(Cc1ccccc1)c1cc(OCCCCCCCCCNC[C@H](O)c2ccc(O)c3[nH]c(=O)ccc23)cc(-c2cccs2)c1. The summed E-state index contributed by atoms with van der Waals surface area (Å²) in [5.41, 5.74) is 3.14. The number of phenols is 1. The highest BCUT2D eigenvalue weighted by Gasteiger charge is 2.18. The molecule has 5 rings (SSSR count). The van der Waals surface area contributed by atoms with E-state index in [2.05, 4.69) is 10.3 Å². The summed E-state index contributed by atoms with van der Waals surface area (Å²) in [7, 11) is 0. The smallest absolute Gasteiger partial charge is 0.412 e. The highest BCUT2D eigenvalue weighted by Crippen LogP contribution is 2.34. The van der Waals surface area contributed by atoms with Crippen LogP contribution in [0.2, 0.25) is 0 Å². The number of H-pyrrole nitrogens is 1. The van der Waals surface area contributed by atoms with E-state index in [0.717, 1.165) is 67.5 Å². The van der Waals surface area contributed by atoms with Crippen molar-refractivity contribution in [1.82, 2.24) is 10.3 Å². The number of aliphatic hydroxyl groups is 1. The van der Waals surface area contributed by atoms with Gasteiger partial charge in [-0.3, -0.25) is 9.69 Å². The Morgan fingerprint density at radius 3 is 2.42 bits per heavy atom. The lowest BCUT2D eigenvalue weighted by Crippen LogP contribution is -2.28. The zero-order chi connectivity index (χ0) is 33.7. The van der Waals surface area contributed by atoms with Gasteiger partial charge in [0.05, 0.1) is 30.5 Å². The number of amides is 1. The van der Waals surface area contributed by atoms with Gasteiger partial charge in [0, 0.05) is 28.9 Å². The molecule has 3 aromatic carbocycles. The maximum absolute atomic E-state index is 12.3. The lowest BCUT2D eigenvalue weighted by atomic mass is 10.0. The van der Waals surface area contributed by atoms with Crippen molar-refractivity contribution < 1.29 is 24.9 Å². The number of anilines is 1. The fourth-order valence-electron chi connectivity index (χ4n) is 5.77. The molecule has 0 bridgehead atoms. The number of hydrogen-bond donors (Lipinski definition) is 5. The van der Waals surface area contributed by atoms with E-state index in [-0.39, 0.29) is 17.9 Å². The molecule has 0 fully saturated rings. The van der Waals surface area contributed by atoms with Gasteiger partial charge in [0.1, 0.15) is 11.5 Å². The van der Waals surface area contributed by atoms with Crippen molar-refractivity contribution in [2.75, 3.05) is 24.6 Å². The molecule has 0 aliphatic carbocycles. The Balaban J connectivity index is 1.00. The van der Waals surface area contributed by atoms with E-state index in [4.69, 9.17) is 4.74 Å². The van der Waals surface area contributed by atoms with Crippen molar-refractivity contribution in [1.29, 1.82) is 0 Å². The molecule has 1 atom stereocenters. The number of benzene rings is 3. The normalized spacial score (nSPS) is 11.9. The molecular formula is C38H43N3O6S. The van der Waals surface area contributed by atoms with E-state index in [0.29, 0.717) is 41.1 Å². The van der Waals surface area contributed by atoms with Gasteiger partial charge in [-0.15, -0.1) is 11.3 Å². The van der Waals surface area contributed by atoms with Gasteiger partial charge in [-0.25, -0.2) is 4.79 Å². The number of hydrogen-bond acceptors (Lipinski definition) is 7. The number of aromatic nitrogens is 1. The second-order valence-electron chi connectivity index (χ2n) is 11.9. The average molecular weight is 670 g/mol. The van der Waals surface area contributed by atoms with Crippen LogP contribution in [-0.4, -0.2) is 46.1 Å². The molecular weight excluding hydrogens is 627 g/mol. The molecule has 252 valence electrons. The van der Waals surface area contributed by atoms with E-state index in [1.54, 1.807) is 23.5 Å². The van der Waals surface area contributed by atoms with E-state index in [1.165, 1.54) is 17.0 Å². The number of nitrogens with zero attached hydrogens (tertiary/aromatic N) is 1. The van der Waals surface area contributed by atoms with E-state index >= 15 is 0 Å². The van der Waals surface area contributed by atoms with Gasteiger partial charge in [-0.05, 0) is 71.8 Å². The minimum atomic E-state index is -1.01. The number of carbonyl (C=O) groups is 1. The number of fused-ring (bicyclic) bond motifs is 1. The fraction of sp³-hybridized carbons (Fsp3) is 0.316. The summed E-state index contributed by atoms with van der Waals surface area (Å²) < 4.78 is 6.15. The number of aromatic amines is 1. The predicted molar refractivity (Wildman–Crippen MR) is 192 cm³/mol. The molecule has 2 aromatic heterocycles. The average Bonchev–Trinajstić information content (AvgIpc) is 3.64. The molecule has 5 N–H and O–H groups in total. The number of ether oxygens (including phenoxy) is 1. The molecule has 2 heterocycles. The van der Waals surface area contributed by atoms with Gasteiger partial charge in [-0.2, -0.15) is 0 Å². The molecule has 0 radical (unpaired) electrons. The van der Waals surface area contributed by atoms with Crippen molar-refractivity contribution in [3.05, 3.63) is 112 Å². The van der Waals surface area contributed by atoms with Crippen LogP contribution in [-0.2, 0) is 6.54 Å². The topological polar surface area (TPSA) is 135 Å². The van der Waals surface area contributed by atoms with Crippen molar-refractivity contribution in [3.8, 4) is 21.9 Å². The summed E-state index contributed by atoms with van der Waals surface area (Å²) in [4.78, 5) is 28.9. The quantitative estimate of drug-likeness (QED) is 0.0596. The molecule has 0 spiro atoms. The number of unbranched alkanes of at least 4 members (excludes halogenated alkanes) is 6. The van der Waals surface area contributed by atoms with Crippen LogP contribution in [0, 0.1) is 0 Å². The minimum Gasteiger partial charge on any atom is -0.506 e. The highest BCUT2D eigenvalue weighted by atomic mass is 32.1. The third-order valence-corrected chi connectivity index (χ3v) is 9.21. The van der Waals surface area contributed by atoms with Gasteiger partial charge in [0.15, 0.2) is 0 Å². The Kier molecular flexibility index (Phi) is 12.6. The van der Waals surface area contributed by atoms with Gasteiger partial charge < -0.3 is 30.4 Å². The zero-order valence-corrected chi connectivity index (χ0v) is 27.8. The number of thiophene rings is 1. The van der Waals surface area contributed by atoms with Crippen LogP contribution < -0.4 is 20.5 Å². The summed E-state index contributed by atoms with van der Waals surface area (Å²) in [6.45, 7) is 2.01. The predicted octanol–water partition coefficient (Wildman–Crippen LogP) is 8.08. The van der Waals surface area contributed by atoms with Crippen LogP contribution in [0.1, 0.15) is 62.2 Å². The molecule has 0 unspecified atom stereocenters.